The number of hydrogen-bond acceptors (Lipinski definition) is 5. The average molecular weight is 154 g/mol. The summed E-state index contributed by atoms with van der Waals surface area (Å²) in [5, 5.41) is 9.10. The number of nitrogens with zero attached hydrogens (tertiary/aromatic N) is 1. The molecule has 1 heterocycles. The Hall–Kier alpha value is -1.17. The Morgan fingerprint density at radius 3 is 2.82 bits per heavy atom. The second-order valence-electron chi connectivity index (χ2n) is 2.06. The molecular formula is C6H10N4O. The predicted molar refractivity (Wildman–Crippen MR) is 40.9 cm³/mol. The fraction of sp³-hybridized carbons (Fsp3) is 0.167. The molecule has 5 nitrogen and oxygen atoms in total. The van der Waals surface area contributed by atoms with Crippen LogP contribution in [0.3, 0.4) is 0 Å². The van der Waals surface area contributed by atoms with E-state index >= 15 is 0 Å². The predicted octanol–water partition coefficient (Wildman–Crippen LogP) is -0.882. The van der Waals surface area contributed by atoms with E-state index in [0.717, 1.165) is 0 Å². The van der Waals surface area contributed by atoms with Crippen LogP contribution in [0.1, 0.15) is 11.9 Å². The highest BCUT2D eigenvalue weighted by Crippen LogP contribution is 2.06. The van der Waals surface area contributed by atoms with Gasteiger partial charge in [0, 0.05) is 0 Å². The lowest BCUT2D eigenvalue weighted by Gasteiger charge is -2.07. The van der Waals surface area contributed by atoms with E-state index in [4.69, 9.17) is 16.7 Å². The third-order valence-electron chi connectivity index (χ3n) is 1.23. The third-order valence-corrected chi connectivity index (χ3v) is 1.23. The van der Waals surface area contributed by atoms with Crippen LogP contribution in [0.15, 0.2) is 18.2 Å². The second kappa shape index (κ2) is 3.29. The van der Waals surface area contributed by atoms with Crippen molar-refractivity contribution in [3.8, 4) is 0 Å². The molecule has 0 aromatic carbocycles. The Kier molecular flexibility index (Phi) is 2.37. The van der Waals surface area contributed by atoms with Crippen LogP contribution in [0.25, 0.3) is 0 Å². The second-order valence-corrected chi connectivity index (χ2v) is 2.06. The van der Waals surface area contributed by atoms with Gasteiger partial charge in [0.05, 0.1) is 5.69 Å². The van der Waals surface area contributed by atoms with Gasteiger partial charge in [0.25, 0.3) is 0 Å². The Bertz CT molecular complexity index is 240. The number of nitrogen functional groups attached to an aromatic ring is 1. The average Bonchev–Trinajstić information content (AvgIpc) is 2.03. The first kappa shape index (κ1) is 7.93. The van der Waals surface area contributed by atoms with Crippen molar-refractivity contribution in [1.29, 1.82) is 0 Å². The van der Waals surface area contributed by atoms with Gasteiger partial charge in [0.1, 0.15) is 5.82 Å². The fourth-order valence-electron chi connectivity index (χ4n) is 0.707. The fourth-order valence-corrected chi connectivity index (χ4v) is 0.707. The molecule has 6 N–H and O–H groups in total. The summed E-state index contributed by atoms with van der Waals surface area (Å²) in [6.07, 6.45) is -0.960. The molecule has 1 rings (SSSR count). The molecule has 1 aromatic rings. The molecule has 0 radical (unpaired) electrons. The molecule has 60 valence electrons. The van der Waals surface area contributed by atoms with Crippen LogP contribution in [0.5, 0.6) is 0 Å². The number of aliphatic hydroxyl groups is 1. The van der Waals surface area contributed by atoms with Gasteiger partial charge >= 0.3 is 0 Å². The van der Waals surface area contributed by atoms with E-state index < -0.39 is 6.23 Å². The maximum absolute atomic E-state index is 9.10. The van der Waals surface area contributed by atoms with E-state index in [9.17, 15) is 0 Å². The minimum Gasteiger partial charge on any atom is -0.384 e. The van der Waals surface area contributed by atoms with Crippen LogP contribution in [0.4, 0.5) is 5.82 Å². The van der Waals surface area contributed by atoms with E-state index in [-0.39, 0.29) is 0 Å². The van der Waals surface area contributed by atoms with Crippen molar-refractivity contribution in [1.82, 2.24) is 10.4 Å². The number of nitrogens with two attached hydrogens (primary N) is 2. The number of rotatable bonds is 2. The van der Waals surface area contributed by atoms with Gasteiger partial charge in [0.2, 0.25) is 0 Å². The third kappa shape index (κ3) is 1.87. The van der Waals surface area contributed by atoms with Crippen molar-refractivity contribution >= 4 is 5.82 Å². The number of hydrogen-bond donors (Lipinski definition) is 4. The zero-order valence-electron chi connectivity index (χ0n) is 5.86. The number of pyridine rings is 1. The highest BCUT2D eigenvalue weighted by Gasteiger charge is 2.04. The van der Waals surface area contributed by atoms with Gasteiger partial charge in [0.15, 0.2) is 6.23 Å². The zero-order chi connectivity index (χ0) is 8.27. The monoisotopic (exact) mass is 154 g/mol. The maximum atomic E-state index is 9.10. The first-order chi connectivity index (χ1) is 5.24. The summed E-state index contributed by atoms with van der Waals surface area (Å²) in [7, 11) is 0. The van der Waals surface area contributed by atoms with Crippen molar-refractivity contribution in [3.63, 3.8) is 0 Å². The van der Waals surface area contributed by atoms with E-state index in [1.54, 1.807) is 18.2 Å². The van der Waals surface area contributed by atoms with Gasteiger partial charge in [-0.2, -0.15) is 0 Å². The standard InChI is InChI=1S/C6H10N4O/c7-5-3-1-2-4(9-5)6(11)10-8/h1-3,6,10-11H,8H2,(H2,7,9). The van der Waals surface area contributed by atoms with Crippen LogP contribution in [0.2, 0.25) is 0 Å². The molecule has 0 amide bonds. The van der Waals surface area contributed by atoms with Crippen molar-refractivity contribution in [2.24, 2.45) is 5.84 Å². The van der Waals surface area contributed by atoms with Gasteiger partial charge in [-0.25, -0.2) is 10.4 Å². The van der Waals surface area contributed by atoms with E-state index in [1.165, 1.54) is 0 Å². The molecule has 0 fully saturated rings. The van der Waals surface area contributed by atoms with Gasteiger partial charge in [-0.05, 0) is 12.1 Å². The van der Waals surface area contributed by atoms with Gasteiger partial charge in [-0.3, -0.25) is 5.84 Å². The quantitative estimate of drug-likeness (QED) is 0.252. The first-order valence-electron chi connectivity index (χ1n) is 3.10. The van der Waals surface area contributed by atoms with E-state index in [1.807, 2.05) is 0 Å². The van der Waals surface area contributed by atoms with E-state index in [2.05, 4.69) is 10.4 Å². The van der Waals surface area contributed by atoms with Crippen LogP contribution in [-0.2, 0) is 0 Å². The number of aromatic nitrogens is 1. The summed E-state index contributed by atoms with van der Waals surface area (Å²) in [5.74, 6) is 5.33. The first-order valence-corrected chi connectivity index (χ1v) is 3.10. The summed E-state index contributed by atoms with van der Waals surface area (Å²) in [6.45, 7) is 0. The smallest absolute Gasteiger partial charge is 0.160 e. The minimum atomic E-state index is -0.960. The topological polar surface area (TPSA) is 97.2 Å². The van der Waals surface area contributed by atoms with Crippen molar-refractivity contribution in [3.05, 3.63) is 23.9 Å². The van der Waals surface area contributed by atoms with Gasteiger partial charge in [-0.15, -0.1) is 0 Å². The zero-order valence-corrected chi connectivity index (χ0v) is 5.86. The Morgan fingerprint density at radius 2 is 2.27 bits per heavy atom. The molecule has 0 saturated heterocycles. The maximum Gasteiger partial charge on any atom is 0.160 e. The van der Waals surface area contributed by atoms with Gasteiger partial charge in [-0.1, -0.05) is 6.07 Å². The summed E-state index contributed by atoms with van der Waals surface area (Å²) >= 11 is 0. The Balaban J connectivity index is 2.86. The van der Waals surface area contributed by atoms with Crippen molar-refractivity contribution in [2.45, 2.75) is 6.23 Å². The summed E-state index contributed by atoms with van der Waals surface area (Å²) in [4.78, 5) is 3.83. The summed E-state index contributed by atoms with van der Waals surface area (Å²) < 4.78 is 0. The Labute approximate surface area is 64.0 Å². The molecule has 1 atom stereocenters. The highest BCUT2D eigenvalue weighted by atomic mass is 16.3. The van der Waals surface area contributed by atoms with Crippen molar-refractivity contribution < 1.29 is 5.11 Å². The summed E-state index contributed by atoms with van der Waals surface area (Å²) in [6, 6.07) is 4.95. The number of anilines is 1. The molecule has 5 heteroatoms. The molecule has 0 aliphatic heterocycles. The minimum absolute atomic E-state index is 0.358. The molecule has 1 aromatic heterocycles. The van der Waals surface area contributed by atoms with Gasteiger partial charge < -0.3 is 10.8 Å². The lowest BCUT2D eigenvalue weighted by atomic mass is 10.3. The number of hydrazine groups is 1. The SMILES string of the molecule is NNC(O)c1cccc(N)n1. The molecule has 0 aliphatic rings. The largest absolute Gasteiger partial charge is 0.384 e. The summed E-state index contributed by atoms with van der Waals surface area (Å²) in [5.41, 5.74) is 7.92. The molecule has 11 heavy (non-hydrogen) atoms. The van der Waals surface area contributed by atoms with Crippen LogP contribution in [0, 0.1) is 0 Å². The normalized spacial score (nSPS) is 12.9. The lowest BCUT2D eigenvalue weighted by molar-refractivity contribution is 0.135. The lowest BCUT2D eigenvalue weighted by Crippen LogP contribution is -2.28. The Morgan fingerprint density at radius 1 is 1.55 bits per heavy atom. The molecule has 0 spiro atoms. The number of aliphatic hydroxyl groups excluding tert-OH is 1. The van der Waals surface area contributed by atoms with E-state index in [0.29, 0.717) is 11.5 Å². The molecular weight excluding hydrogens is 144 g/mol. The van der Waals surface area contributed by atoms with Crippen LogP contribution >= 0.6 is 0 Å². The molecule has 0 aliphatic carbocycles. The van der Waals surface area contributed by atoms with Crippen LogP contribution in [-0.4, -0.2) is 10.1 Å². The van der Waals surface area contributed by atoms with Crippen molar-refractivity contribution in [2.75, 3.05) is 5.73 Å². The molecule has 1 unspecified atom stereocenters. The molecule has 0 saturated carbocycles. The molecule has 0 bridgehead atoms. The van der Waals surface area contributed by atoms with Crippen LogP contribution < -0.4 is 17.0 Å². The highest BCUT2D eigenvalue weighted by molar-refractivity contribution is 5.29. The number of nitrogens with one attached hydrogen (secondary N) is 1.